The van der Waals surface area contributed by atoms with Crippen molar-refractivity contribution in [3.8, 4) is 0 Å². The van der Waals surface area contributed by atoms with E-state index in [0.29, 0.717) is 6.04 Å². The maximum atomic E-state index is 5.42. The van der Waals surface area contributed by atoms with Crippen LogP contribution in [0.15, 0.2) is 10.6 Å². The van der Waals surface area contributed by atoms with E-state index in [1.54, 1.807) is 0 Å². The van der Waals surface area contributed by atoms with Gasteiger partial charge in [0.1, 0.15) is 0 Å². The molecule has 18 heavy (non-hydrogen) atoms. The summed E-state index contributed by atoms with van der Waals surface area (Å²) in [6.07, 6.45) is 1.13. The average molecular weight is 253 g/mol. The number of nitrogens with zero attached hydrogens (tertiary/aromatic N) is 2. The molecule has 1 N–H and O–H groups in total. The molecule has 0 spiro atoms. The van der Waals surface area contributed by atoms with Gasteiger partial charge in [-0.15, -0.1) is 0 Å². The Bertz CT molecular complexity index is 354. The van der Waals surface area contributed by atoms with Crippen LogP contribution in [0.2, 0.25) is 0 Å². The summed E-state index contributed by atoms with van der Waals surface area (Å²) in [5, 5.41) is 7.40. The molecule has 0 amide bonds. The van der Waals surface area contributed by atoms with E-state index in [1.165, 1.54) is 0 Å². The van der Waals surface area contributed by atoms with Gasteiger partial charge in [0.25, 0.3) is 0 Å². The van der Waals surface area contributed by atoms with Crippen molar-refractivity contribution in [2.75, 3.05) is 26.3 Å². The highest BCUT2D eigenvalue weighted by atomic mass is 16.5. The Morgan fingerprint density at radius 1 is 1.56 bits per heavy atom. The third kappa shape index (κ3) is 3.80. The molecule has 1 unspecified atom stereocenters. The molecule has 1 aromatic heterocycles. The zero-order chi connectivity index (χ0) is 12.8. The molecule has 2 rings (SSSR count). The predicted molar refractivity (Wildman–Crippen MR) is 69.2 cm³/mol. The molecule has 0 radical (unpaired) electrons. The van der Waals surface area contributed by atoms with Crippen molar-refractivity contribution >= 4 is 0 Å². The van der Waals surface area contributed by atoms with E-state index in [1.807, 2.05) is 6.07 Å². The quantitative estimate of drug-likeness (QED) is 0.777. The zero-order valence-corrected chi connectivity index (χ0v) is 11.3. The van der Waals surface area contributed by atoms with Crippen LogP contribution in [-0.2, 0) is 17.8 Å². The lowest BCUT2D eigenvalue weighted by Gasteiger charge is -2.32. The van der Waals surface area contributed by atoms with E-state index in [0.717, 1.165) is 57.3 Å². The Balaban J connectivity index is 1.82. The number of morpholine rings is 1. The van der Waals surface area contributed by atoms with Gasteiger partial charge in [0.2, 0.25) is 0 Å². The van der Waals surface area contributed by atoms with Gasteiger partial charge in [-0.1, -0.05) is 12.1 Å². The van der Waals surface area contributed by atoms with E-state index in [9.17, 15) is 0 Å². The summed E-state index contributed by atoms with van der Waals surface area (Å²) < 4.78 is 10.8. The second-order valence-electron chi connectivity index (χ2n) is 4.86. The minimum Gasteiger partial charge on any atom is -0.379 e. The van der Waals surface area contributed by atoms with E-state index >= 15 is 0 Å². The van der Waals surface area contributed by atoms with Crippen LogP contribution in [0.3, 0.4) is 0 Å². The van der Waals surface area contributed by atoms with E-state index < -0.39 is 0 Å². The Kier molecular flexibility index (Phi) is 5.16. The van der Waals surface area contributed by atoms with Gasteiger partial charge >= 0.3 is 0 Å². The van der Waals surface area contributed by atoms with Crippen LogP contribution in [0, 0.1) is 0 Å². The molecular weight excluding hydrogens is 230 g/mol. The third-order valence-electron chi connectivity index (χ3n) is 3.20. The lowest BCUT2D eigenvalue weighted by molar-refractivity contribution is -0.00779. The van der Waals surface area contributed by atoms with Crippen molar-refractivity contribution in [1.82, 2.24) is 15.4 Å². The third-order valence-corrected chi connectivity index (χ3v) is 3.20. The van der Waals surface area contributed by atoms with Crippen LogP contribution in [0.1, 0.15) is 31.7 Å². The van der Waals surface area contributed by atoms with Crippen LogP contribution >= 0.6 is 0 Å². The van der Waals surface area contributed by atoms with E-state index in [2.05, 4.69) is 29.2 Å². The Labute approximate surface area is 108 Å². The summed E-state index contributed by atoms with van der Waals surface area (Å²) >= 11 is 0. The minimum absolute atomic E-state index is 0.450. The molecular formula is C13H23N3O2. The SMILES string of the molecule is CCCNCc1cc(CN2CCOCC2C)on1. The Morgan fingerprint density at radius 3 is 3.22 bits per heavy atom. The van der Waals surface area contributed by atoms with Crippen LogP contribution in [0.25, 0.3) is 0 Å². The first-order valence-corrected chi connectivity index (χ1v) is 6.76. The van der Waals surface area contributed by atoms with Crippen molar-refractivity contribution in [3.05, 3.63) is 17.5 Å². The van der Waals surface area contributed by atoms with Gasteiger partial charge < -0.3 is 14.6 Å². The molecule has 102 valence electrons. The molecule has 0 aliphatic carbocycles. The average Bonchev–Trinajstić information content (AvgIpc) is 2.80. The second kappa shape index (κ2) is 6.87. The molecule has 5 nitrogen and oxygen atoms in total. The fraction of sp³-hybridized carbons (Fsp3) is 0.769. The molecule has 0 aromatic carbocycles. The van der Waals surface area contributed by atoms with Crippen molar-refractivity contribution in [2.24, 2.45) is 0 Å². The molecule has 1 aromatic rings. The van der Waals surface area contributed by atoms with Crippen molar-refractivity contribution in [3.63, 3.8) is 0 Å². The molecule has 1 aliphatic heterocycles. The Morgan fingerprint density at radius 2 is 2.44 bits per heavy atom. The van der Waals surface area contributed by atoms with Crippen LogP contribution in [0.5, 0.6) is 0 Å². The topological polar surface area (TPSA) is 50.5 Å². The Hall–Kier alpha value is -0.910. The molecule has 1 aliphatic rings. The highest BCUT2D eigenvalue weighted by Gasteiger charge is 2.20. The largest absolute Gasteiger partial charge is 0.379 e. The summed E-state index contributed by atoms with van der Waals surface area (Å²) in [6, 6.07) is 2.50. The molecule has 2 heterocycles. The standard InChI is InChI=1S/C13H23N3O2/c1-3-4-14-8-12-7-13(18-15-12)9-16-5-6-17-10-11(16)2/h7,11,14H,3-6,8-10H2,1-2H3. The number of aromatic nitrogens is 1. The van der Waals surface area contributed by atoms with Crippen molar-refractivity contribution in [1.29, 1.82) is 0 Å². The second-order valence-corrected chi connectivity index (χ2v) is 4.86. The smallest absolute Gasteiger partial charge is 0.151 e. The van der Waals surface area contributed by atoms with Crippen molar-refractivity contribution in [2.45, 2.75) is 39.4 Å². The van der Waals surface area contributed by atoms with Crippen LogP contribution in [0.4, 0.5) is 0 Å². The fourth-order valence-electron chi connectivity index (χ4n) is 2.10. The minimum atomic E-state index is 0.450. The highest BCUT2D eigenvalue weighted by Crippen LogP contribution is 2.12. The van der Waals surface area contributed by atoms with Crippen LogP contribution < -0.4 is 5.32 Å². The number of nitrogens with one attached hydrogen (secondary N) is 1. The molecule has 0 saturated carbocycles. The lowest BCUT2D eigenvalue weighted by atomic mass is 10.2. The van der Waals surface area contributed by atoms with Gasteiger partial charge in [0.15, 0.2) is 5.76 Å². The maximum Gasteiger partial charge on any atom is 0.151 e. The van der Waals surface area contributed by atoms with E-state index in [-0.39, 0.29) is 0 Å². The molecule has 0 bridgehead atoms. The van der Waals surface area contributed by atoms with Crippen molar-refractivity contribution < 1.29 is 9.26 Å². The number of hydrogen-bond acceptors (Lipinski definition) is 5. The van der Waals surface area contributed by atoms with Crippen LogP contribution in [-0.4, -0.2) is 42.4 Å². The fourth-order valence-corrected chi connectivity index (χ4v) is 2.10. The zero-order valence-electron chi connectivity index (χ0n) is 11.3. The van der Waals surface area contributed by atoms with Gasteiger partial charge in [0, 0.05) is 25.2 Å². The molecule has 5 heteroatoms. The lowest BCUT2D eigenvalue weighted by Crippen LogP contribution is -2.42. The monoisotopic (exact) mass is 253 g/mol. The van der Waals surface area contributed by atoms with Gasteiger partial charge in [-0.2, -0.15) is 0 Å². The normalized spacial score (nSPS) is 21.3. The first-order chi connectivity index (χ1) is 8.79. The van der Waals surface area contributed by atoms with Gasteiger partial charge in [0.05, 0.1) is 25.5 Å². The summed E-state index contributed by atoms with van der Waals surface area (Å²) in [7, 11) is 0. The molecule has 1 saturated heterocycles. The summed E-state index contributed by atoms with van der Waals surface area (Å²) in [4.78, 5) is 2.37. The van der Waals surface area contributed by atoms with Gasteiger partial charge in [-0.25, -0.2) is 0 Å². The van der Waals surface area contributed by atoms with Gasteiger partial charge in [-0.3, -0.25) is 4.90 Å². The molecule has 1 fully saturated rings. The number of hydrogen-bond donors (Lipinski definition) is 1. The maximum absolute atomic E-state index is 5.42. The number of ether oxygens (including phenoxy) is 1. The first-order valence-electron chi connectivity index (χ1n) is 6.76. The van der Waals surface area contributed by atoms with Gasteiger partial charge in [-0.05, 0) is 19.9 Å². The summed E-state index contributed by atoms with van der Waals surface area (Å²) in [6.45, 7) is 9.54. The summed E-state index contributed by atoms with van der Waals surface area (Å²) in [5.74, 6) is 0.942. The summed E-state index contributed by atoms with van der Waals surface area (Å²) in [5.41, 5.74) is 0.986. The number of rotatable bonds is 6. The first kappa shape index (κ1) is 13.5. The predicted octanol–water partition coefficient (Wildman–Crippen LogP) is 1.39. The molecule has 1 atom stereocenters. The van der Waals surface area contributed by atoms with E-state index in [4.69, 9.17) is 9.26 Å². The highest BCUT2D eigenvalue weighted by molar-refractivity contribution is 5.05.